The fourth-order valence-corrected chi connectivity index (χ4v) is 3.58. The average molecular weight is 252 g/mol. The van der Waals surface area contributed by atoms with E-state index in [4.69, 9.17) is 5.73 Å². The maximum Gasteiger partial charge on any atom is 0.0237 e. The van der Waals surface area contributed by atoms with Gasteiger partial charge in [0.15, 0.2) is 0 Å². The Morgan fingerprint density at radius 1 is 1.22 bits per heavy atom. The SMILES string of the molecule is CCCCCCC(C)(CC)N1CC(N)C2(CC2)C1. The zero-order valence-electron chi connectivity index (χ0n) is 12.7. The zero-order valence-corrected chi connectivity index (χ0v) is 12.7. The molecular formula is C16H32N2. The molecule has 2 nitrogen and oxygen atoms in total. The number of nitrogens with zero attached hydrogens (tertiary/aromatic N) is 1. The summed E-state index contributed by atoms with van der Waals surface area (Å²) in [6, 6.07) is 0.444. The van der Waals surface area contributed by atoms with Gasteiger partial charge in [-0.1, -0.05) is 39.5 Å². The normalized spacial score (nSPS) is 29.7. The highest BCUT2D eigenvalue weighted by Gasteiger charge is 2.55. The van der Waals surface area contributed by atoms with E-state index in [9.17, 15) is 0 Å². The van der Waals surface area contributed by atoms with Gasteiger partial charge in [0.25, 0.3) is 0 Å². The van der Waals surface area contributed by atoms with Gasteiger partial charge in [0.05, 0.1) is 0 Å². The monoisotopic (exact) mass is 252 g/mol. The van der Waals surface area contributed by atoms with Gasteiger partial charge in [-0.15, -0.1) is 0 Å². The van der Waals surface area contributed by atoms with E-state index in [-0.39, 0.29) is 0 Å². The fourth-order valence-electron chi connectivity index (χ4n) is 3.58. The minimum absolute atomic E-state index is 0.400. The molecule has 1 heterocycles. The lowest BCUT2D eigenvalue weighted by atomic mass is 9.89. The maximum atomic E-state index is 6.35. The highest BCUT2D eigenvalue weighted by Crippen LogP contribution is 2.53. The van der Waals surface area contributed by atoms with Crippen LogP contribution in [0.2, 0.25) is 0 Å². The van der Waals surface area contributed by atoms with Gasteiger partial charge in [-0.25, -0.2) is 0 Å². The lowest BCUT2D eigenvalue weighted by Gasteiger charge is -2.39. The minimum Gasteiger partial charge on any atom is -0.326 e. The van der Waals surface area contributed by atoms with E-state index < -0.39 is 0 Å². The lowest BCUT2D eigenvalue weighted by Crippen LogP contribution is -2.45. The quantitative estimate of drug-likeness (QED) is 0.702. The van der Waals surface area contributed by atoms with Gasteiger partial charge in [0.2, 0.25) is 0 Å². The van der Waals surface area contributed by atoms with Crippen LogP contribution >= 0.6 is 0 Å². The number of unbranched alkanes of at least 4 members (excludes halogenated alkanes) is 3. The molecule has 0 aromatic carbocycles. The summed E-state index contributed by atoms with van der Waals surface area (Å²) in [4.78, 5) is 2.72. The van der Waals surface area contributed by atoms with Crippen molar-refractivity contribution >= 4 is 0 Å². The van der Waals surface area contributed by atoms with Crippen molar-refractivity contribution in [2.75, 3.05) is 13.1 Å². The van der Waals surface area contributed by atoms with Crippen LogP contribution in [0.25, 0.3) is 0 Å². The highest BCUT2D eigenvalue weighted by atomic mass is 15.3. The second-order valence-electron chi connectivity index (χ2n) is 7.01. The summed E-state index contributed by atoms with van der Waals surface area (Å²) in [7, 11) is 0. The van der Waals surface area contributed by atoms with Crippen LogP contribution in [0.3, 0.4) is 0 Å². The van der Waals surface area contributed by atoms with E-state index in [1.165, 1.54) is 57.9 Å². The van der Waals surface area contributed by atoms with Gasteiger partial charge < -0.3 is 5.73 Å². The van der Waals surface area contributed by atoms with Crippen LogP contribution in [0.5, 0.6) is 0 Å². The van der Waals surface area contributed by atoms with Gasteiger partial charge in [0.1, 0.15) is 0 Å². The highest BCUT2D eigenvalue weighted by molar-refractivity contribution is 5.11. The second-order valence-corrected chi connectivity index (χ2v) is 7.01. The Balaban J connectivity index is 1.87. The standard InChI is InChI=1S/C16H32N2/c1-4-6-7-8-9-15(3,5-2)18-12-14(17)16(13-18)10-11-16/h14H,4-13,17H2,1-3H3. The van der Waals surface area contributed by atoms with Crippen LogP contribution < -0.4 is 5.73 Å². The predicted molar refractivity (Wildman–Crippen MR) is 78.7 cm³/mol. The molecule has 0 aromatic heterocycles. The van der Waals surface area contributed by atoms with Crippen molar-refractivity contribution in [2.24, 2.45) is 11.1 Å². The Hall–Kier alpha value is -0.0800. The molecule has 2 rings (SSSR count). The second kappa shape index (κ2) is 5.50. The third-order valence-corrected chi connectivity index (χ3v) is 5.70. The van der Waals surface area contributed by atoms with E-state index in [0.717, 1.165) is 6.54 Å². The average Bonchev–Trinajstić information content (AvgIpc) is 3.06. The van der Waals surface area contributed by atoms with Crippen LogP contribution in [-0.4, -0.2) is 29.6 Å². The Morgan fingerprint density at radius 3 is 2.44 bits per heavy atom. The molecule has 1 saturated carbocycles. The van der Waals surface area contributed by atoms with E-state index in [1.54, 1.807) is 0 Å². The van der Waals surface area contributed by atoms with Gasteiger partial charge in [0, 0.05) is 24.7 Å². The van der Waals surface area contributed by atoms with Crippen LogP contribution in [-0.2, 0) is 0 Å². The molecule has 106 valence electrons. The summed E-state index contributed by atoms with van der Waals surface area (Å²) in [5.74, 6) is 0. The summed E-state index contributed by atoms with van der Waals surface area (Å²) in [5, 5.41) is 0. The number of hydrogen-bond acceptors (Lipinski definition) is 2. The van der Waals surface area contributed by atoms with E-state index in [1.807, 2.05) is 0 Å². The molecule has 2 heteroatoms. The molecule has 2 aliphatic rings. The molecular weight excluding hydrogens is 220 g/mol. The Morgan fingerprint density at radius 2 is 1.94 bits per heavy atom. The predicted octanol–water partition coefficient (Wildman–Crippen LogP) is 3.55. The summed E-state index contributed by atoms with van der Waals surface area (Å²) < 4.78 is 0. The van der Waals surface area contributed by atoms with Crippen LogP contribution in [0.1, 0.15) is 72.1 Å². The molecule has 18 heavy (non-hydrogen) atoms. The van der Waals surface area contributed by atoms with Crippen molar-refractivity contribution in [3.63, 3.8) is 0 Å². The first-order chi connectivity index (χ1) is 8.56. The third kappa shape index (κ3) is 2.75. The van der Waals surface area contributed by atoms with Gasteiger partial charge in [-0.3, -0.25) is 4.90 Å². The zero-order chi connectivity index (χ0) is 13.2. The first kappa shape index (κ1) is 14.3. The molecule has 2 N–H and O–H groups in total. The summed E-state index contributed by atoms with van der Waals surface area (Å²) in [5.41, 5.74) is 7.28. The fraction of sp³-hybridized carbons (Fsp3) is 1.00. The Kier molecular flexibility index (Phi) is 4.38. The summed E-state index contributed by atoms with van der Waals surface area (Å²) in [6.45, 7) is 9.51. The number of likely N-dealkylation sites (tertiary alicyclic amines) is 1. The Labute approximate surface area is 113 Å². The van der Waals surface area contributed by atoms with Gasteiger partial charge in [-0.05, 0) is 38.0 Å². The Bertz CT molecular complexity index is 272. The van der Waals surface area contributed by atoms with Gasteiger partial charge >= 0.3 is 0 Å². The van der Waals surface area contributed by atoms with Crippen molar-refractivity contribution in [1.82, 2.24) is 4.90 Å². The van der Waals surface area contributed by atoms with E-state index in [2.05, 4.69) is 25.7 Å². The van der Waals surface area contributed by atoms with Crippen LogP contribution in [0.15, 0.2) is 0 Å². The lowest BCUT2D eigenvalue weighted by molar-refractivity contribution is 0.109. The molecule has 1 spiro atoms. The van der Waals surface area contributed by atoms with Crippen molar-refractivity contribution in [3.8, 4) is 0 Å². The maximum absolute atomic E-state index is 6.35. The van der Waals surface area contributed by atoms with Crippen molar-refractivity contribution in [1.29, 1.82) is 0 Å². The van der Waals surface area contributed by atoms with Gasteiger partial charge in [-0.2, -0.15) is 0 Å². The van der Waals surface area contributed by atoms with Crippen molar-refractivity contribution in [2.45, 2.75) is 83.7 Å². The molecule has 0 radical (unpaired) electrons. The van der Waals surface area contributed by atoms with Crippen LogP contribution in [0, 0.1) is 5.41 Å². The minimum atomic E-state index is 0.400. The number of rotatable bonds is 7. The first-order valence-corrected chi connectivity index (χ1v) is 8.07. The van der Waals surface area contributed by atoms with E-state index >= 15 is 0 Å². The molecule has 2 atom stereocenters. The van der Waals surface area contributed by atoms with E-state index in [0.29, 0.717) is 17.0 Å². The van der Waals surface area contributed by atoms with Crippen LogP contribution in [0.4, 0.5) is 0 Å². The summed E-state index contributed by atoms with van der Waals surface area (Å²) in [6.07, 6.45) is 10.9. The summed E-state index contributed by atoms with van der Waals surface area (Å²) >= 11 is 0. The first-order valence-electron chi connectivity index (χ1n) is 8.07. The number of nitrogens with two attached hydrogens (primary N) is 1. The molecule has 1 saturated heterocycles. The van der Waals surface area contributed by atoms with Crippen molar-refractivity contribution in [3.05, 3.63) is 0 Å². The molecule has 0 bridgehead atoms. The molecule has 2 unspecified atom stereocenters. The molecule has 0 amide bonds. The number of hydrogen-bond donors (Lipinski definition) is 1. The molecule has 2 fully saturated rings. The topological polar surface area (TPSA) is 29.3 Å². The molecule has 1 aliphatic heterocycles. The smallest absolute Gasteiger partial charge is 0.0237 e. The molecule has 0 aromatic rings. The molecule has 1 aliphatic carbocycles. The largest absolute Gasteiger partial charge is 0.326 e. The third-order valence-electron chi connectivity index (χ3n) is 5.70. The van der Waals surface area contributed by atoms with Crippen molar-refractivity contribution < 1.29 is 0 Å².